The topological polar surface area (TPSA) is 90.2 Å². The molecule has 6 heteroatoms. The van der Waals surface area contributed by atoms with Crippen LogP contribution in [0.2, 0.25) is 0 Å². The zero-order valence-electron chi connectivity index (χ0n) is 14.0. The van der Waals surface area contributed by atoms with Crippen molar-refractivity contribution in [2.24, 2.45) is 0 Å². The summed E-state index contributed by atoms with van der Waals surface area (Å²) in [4.78, 5) is 26.5. The van der Waals surface area contributed by atoms with Crippen molar-refractivity contribution in [3.05, 3.63) is 83.9 Å². The first-order valence-corrected chi connectivity index (χ1v) is 9.70. The van der Waals surface area contributed by atoms with Gasteiger partial charge < -0.3 is 0 Å². The van der Waals surface area contributed by atoms with Gasteiger partial charge in [0.15, 0.2) is 0 Å². The Hall–Kier alpha value is -3.39. The van der Waals surface area contributed by atoms with Gasteiger partial charge in [0, 0.05) is 0 Å². The molecule has 0 aliphatic heterocycles. The number of aromatic carboxylic acids is 1. The molecule has 1 amide bonds. The van der Waals surface area contributed by atoms with Crippen LogP contribution in [-0.4, -0.2) is 31.9 Å². The average molecular weight is 421 g/mol. The van der Waals surface area contributed by atoms with Gasteiger partial charge in [-0.1, -0.05) is 0 Å². The van der Waals surface area contributed by atoms with Crippen LogP contribution < -0.4 is 9.78 Å². The standard InChI is InChI=1S/C21H14N2O3Se/c22-13-27-15-11-9-14(10-12-15)23-20(24)18-7-3-1-5-16(18)17-6-2-4-8-19(17)21(25)26/h1-12H,(H,23,24)(H,25,26). The van der Waals surface area contributed by atoms with Crippen LogP contribution in [-0.2, 0) is 0 Å². The van der Waals surface area contributed by atoms with Gasteiger partial charge in [0.1, 0.15) is 0 Å². The third-order valence-electron chi connectivity index (χ3n) is 3.90. The molecule has 5 nitrogen and oxygen atoms in total. The SMILES string of the molecule is N#C[Se]c1ccc(NC(=O)c2ccccc2-c2ccccc2C(=O)O)cc1. The van der Waals surface area contributed by atoms with Gasteiger partial charge in [-0.25, -0.2) is 0 Å². The van der Waals surface area contributed by atoms with Crippen molar-refractivity contribution in [3.63, 3.8) is 0 Å². The summed E-state index contributed by atoms with van der Waals surface area (Å²) >= 11 is -0.240. The van der Waals surface area contributed by atoms with Crippen molar-refractivity contribution >= 4 is 37.0 Å². The summed E-state index contributed by atoms with van der Waals surface area (Å²) in [6.07, 6.45) is 0. The molecule has 27 heavy (non-hydrogen) atoms. The second kappa shape index (κ2) is 8.33. The van der Waals surface area contributed by atoms with Crippen molar-refractivity contribution in [2.45, 2.75) is 0 Å². The number of carbonyl (C=O) groups excluding carboxylic acids is 1. The summed E-state index contributed by atoms with van der Waals surface area (Å²) in [5.41, 5.74) is 2.18. The van der Waals surface area contributed by atoms with Crippen molar-refractivity contribution in [3.8, 4) is 16.1 Å². The Kier molecular flexibility index (Phi) is 5.67. The molecule has 0 unspecified atom stereocenters. The molecule has 0 aliphatic carbocycles. The quantitative estimate of drug-likeness (QED) is 0.620. The fourth-order valence-electron chi connectivity index (χ4n) is 2.68. The van der Waals surface area contributed by atoms with Crippen LogP contribution in [0.1, 0.15) is 20.7 Å². The Balaban J connectivity index is 1.93. The van der Waals surface area contributed by atoms with Gasteiger partial charge in [-0.2, -0.15) is 0 Å². The molecule has 3 rings (SSSR count). The first-order chi connectivity index (χ1) is 13.1. The molecule has 3 aromatic rings. The van der Waals surface area contributed by atoms with E-state index in [0.717, 1.165) is 4.46 Å². The van der Waals surface area contributed by atoms with Crippen molar-refractivity contribution in [1.82, 2.24) is 0 Å². The Morgan fingerprint density at radius 3 is 2.00 bits per heavy atom. The summed E-state index contributed by atoms with van der Waals surface area (Å²) in [5.74, 6) is -1.37. The molecule has 0 spiro atoms. The first-order valence-electron chi connectivity index (χ1n) is 7.99. The van der Waals surface area contributed by atoms with E-state index < -0.39 is 5.97 Å². The van der Waals surface area contributed by atoms with Crippen LogP contribution >= 0.6 is 0 Å². The van der Waals surface area contributed by atoms with E-state index in [4.69, 9.17) is 5.26 Å². The fraction of sp³-hybridized carbons (Fsp3) is 0. The zero-order valence-corrected chi connectivity index (χ0v) is 15.8. The number of benzene rings is 3. The number of nitriles is 1. The second-order valence-electron chi connectivity index (χ2n) is 5.57. The van der Waals surface area contributed by atoms with E-state index >= 15 is 0 Å². The fourth-order valence-corrected chi connectivity index (χ4v) is 3.47. The summed E-state index contributed by atoms with van der Waals surface area (Å²) in [7, 11) is 0. The number of carboxylic acids is 1. The molecular formula is C21H14N2O3Se. The number of nitrogens with zero attached hydrogens (tertiary/aromatic N) is 1. The monoisotopic (exact) mass is 422 g/mol. The van der Waals surface area contributed by atoms with Gasteiger partial charge >= 0.3 is 162 Å². The van der Waals surface area contributed by atoms with E-state index in [1.54, 1.807) is 54.6 Å². The molecule has 0 aliphatic rings. The number of nitrogens with one attached hydrogen (secondary N) is 1. The maximum atomic E-state index is 12.8. The molecule has 132 valence electrons. The minimum atomic E-state index is -1.05. The van der Waals surface area contributed by atoms with Crippen molar-refractivity contribution < 1.29 is 14.7 Å². The molecule has 0 saturated heterocycles. The van der Waals surface area contributed by atoms with Crippen molar-refractivity contribution in [1.29, 1.82) is 5.26 Å². The predicted octanol–water partition coefficient (Wildman–Crippen LogP) is 3.11. The van der Waals surface area contributed by atoms with E-state index in [-0.39, 0.29) is 26.4 Å². The average Bonchev–Trinajstić information content (AvgIpc) is 2.69. The van der Waals surface area contributed by atoms with E-state index in [0.29, 0.717) is 22.4 Å². The Morgan fingerprint density at radius 1 is 0.852 bits per heavy atom. The molecule has 0 saturated carbocycles. The van der Waals surface area contributed by atoms with Gasteiger partial charge in [-0.05, 0) is 0 Å². The molecule has 0 fully saturated rings. The molecule has 0 heterocycles. The molecular weight excluding hydrogens is 407 g/mol. The Morgan fingerprint density at radius 2 is 1.41 bits per heavy atom. The molecule has 2 N–H and O–H groups in total. The Bertz CT molecular complexity index is 1040. The van der Waals surface area contributed by atoms with E-state index in [2.05, 4.69) is 10.3 Å². The van der Waals surface area contributed by atoms with Gasteiger partial charge in [-0.3, -0.25) is 0 Å². The number of hydrogen-bond acceptors (Lipinski definition) is 3. The number of rotatable bonds is 5. The van der Waals surface area contributed by atoms with Crippen LogP contribution in [0.25, 0.3) is 11.1 Å². The van der Waals surface area contributed by atoms with Gasteiger partial charge in [0.25, 0.3) is 0 Å². The Labute approximate surface area is 162 Å². The van der Waals surface area contributed by atoms with Crippen LogP contribution in [0.4, 0.5) is 5.69 Å². The molecule has 0 radical (unpaired) electrons. The normalized spacial score (nSPS) is 10.0. The number of amides is 1. The third kappa shape index (κ3) is 4.24. The zero-order chi connectivity index (χ0) is 19.2. The summed E-state index contributed by atoms with van der Waals surface area (Å²) in [6, 6.07) is 20.6. The van der Waals surface area contributed by atoms with Crippen LogP contribution in [0, 0.1) is 10.2 Å². The number of carbonyl (C=O) groups is 2. The van der Waals surface area contributed by atoms with E-state index in [1.165, 1.54) is 6.07 Å². The van der Waals surface area contributed by atoms with Gasteiger partial charge in [-0.15, -0.1) is 0 Å². The molecule has 0 bridgehead atoms. The summed E-state index contributed by atoms with van der Waals surface area (Å²) in [6.45, 7) is 0. The predicted molar refractivity (Wildman–Crippen MR) is 104 cm³/mol. The number of hydrogen-bond donors (Lipinski definition) is 2. The maximum absolute atomic E-state index is 12.8. The molecule has 0 aromatic heterocycles. The van der Waals surface area contributed by atoms with Crippen LogP contribution in [0.15, 0.2) is 72.8 Å². The van der Waals surface area contributed by atoms with E-state index in [9.17, 15) is 14.7 Å². The third-order valence-corrected chi connectivity index (χ3v) is 5.15. The van der Waals surface area contributed by atoms with Crippen molar-refractivity contribution in [2.75, 3.05) is 5.32 Å². The van der Waals surface area contributed by atoms with Gasteiger partial charge in [0.05, 0.1) is 0 Å². The van der Waals surface area contributed by atoms with E-state index in [1.807, 2.05) is 12.1 Å². The van der Waals surface area contributed by atoms with Crippen LogP contribution in [0.3, 0.4) is 0 Å². The first kappa shape index (κ1) is 18.4. The van der Waals surface area contributed by atoms with Crippen LogP contribution in [0.5, 0.6) is 0 Å². The van der Waals surface area contributed by atoms with Gasteiger partial charge in [0.2, 0.25) is 0 Å². The number of carboxylic acid groups (broad SMARTS) is 1. The minimum absolute atomic E-state index is 0.140. The molecule has 3 aromatic carbocycles. The summed E-state index contributed by atoms with van der Waals surface area (Å²) < 4.78 is 0.929. The molecule has 0 atom stereocenters. The summed E-state index contributed by atoms with van der Waals surface area (Å²) in [5, 5.41) is 21.0. The second-order valence-corrected chi connectivity index (χ2v) is 7.37. The number of anilines is 1.